The monoisotopic (exact) mass is 584 g/mol. The summed E-state index contributed by atoms with van der Waals surface area (Å²) in [5, 5.41) is 34.1. The minimum atomic E-state index is -1.13. The zero-order chi connectivity index (χ0) is 29.8. The Morgan fingerprint density at radius 2 is 2.00 bits per heavy atom. The van der Waals surface area contributed by atoms with E-state index in [0.717, 1.165) is 25.7 Å². The molecule has 6 aliphatic rings. The summed E-state index contributed by atoms with van der Waals surface area (Å²) in [6.45, 7) is 5.26. The second-order valence-electron chi connectivity index (χ2n) is 13.2. The van der Waals surface area contributed by atoms with Crippen LogP contribution in [0.5, 0.6) is 11.5 Å². The number of aliphatic hydroxyl groups excluding tert-OH is 3. The molecule has 2 amide bonds. The van der Waals surface area contributed by atoms with Crippen LogP contribution in [0.4, 0.5) is 0 Å². The average Bonchev–Trinajstić information content (AvgIpc) is 3.67. The Morgan fingerprint density at radius 1 is 1.19 bits per heavy atom. The fraction of sp³-hybridized carbons (Fsp3) is 0.688. The number of rotatable bonds is 9. The highest BCUT2D eigenvalue weighted by Crippen LogP contribution is 2.61. The lowest BCUT2D eigenvalue weighted by atomic mass is 9.45. The molecule has 1 saturated heterocycles. The van der Waals surface area contributed by atoms with Gasteiger partial charge in [0.25, 0.3) is 5.91 Å². The smallest absolute Gasteiger partial charge is 0.252 e. The van der Waals surface area contributed by atoms with Gasteiger partial charge in [-0.05, 0) is 79.0 Å². The molecule has 2 heterocycles. The summed E-state index contributed by atoms with van der Waals surface area (Å²) in [5.74, 6) is 1.11. The van der Waals surface area contributed by atoms with E-state index in [0.29, 0.717) is 59.6 Å². The Labute approximate surface area is 247 Å². The van der Waals surface area contributed by atoms with Crippen molar-refractivity contribution in [2.75, 3.05) is 33.4 Å². The van der Waals surface area contributed by atoms with Crippen molar-refractivity contribution in [3.63, 3.8) is 0 Å². The normalized spacial score (nSPS) is 33.9. The largest absolute Gasteiger partial charge is 0.493 e. The molecule has 2 bridgehead atoms. The SMILES string of the molecule is COc1cc(CO)cc2c1O[C@@H]1[C@@H](O)[C@H](N(C[C@@H]3CC[C@H]4C[C@@H]3C4(C)C)C(=O)C3CCCO3)C=C(C(=O)NCCO)[C@H]21. The minimum Gasteiger partial charge on any atom is -0.493 e. The molecular formula is C32H44N2O8. The van der Waals surface area contributed by atoms with Crippen LogP contribution in [0, 0.1) is 23.2 Å². The molecule has 7 rings (SSSR count). The Morgan fingerprint density at radius 3 is 2.64 bits per heavy atom. The lowest BCUT2D eigenvalue weighted by molar-refractivity contribution is -0.154. The molecule has 42 heavy (non-hydrogen) atoms. The van der Waals surface area contributed by atoms with Crippen LogP contribution in [0.1, 0.15) is 63.0 Å². The predicted molar refractivity (Wildman–Crippen MR) is 153 cm³/mol. The van der Waals surface area contributed by atoms with Crippen LogP contribution in [0.25, 0.3) is 0 Å². The zero-order valence-corrected chi connectivity index (χ0v) is 24.8. The highest BCUT2D eigenvalue weighted by Gasteiger charge is 2.56. The van der Waals surface area contributed by atoms with Crippen molar-refractivity contribution in [1.82, 2.24) is 10.2 Å². The van der Waals surface area contributed by atoms with Crippen LogP contribution in [0.15, 0.2) is 23.8 Å². The molecule has 1 aromatic carbocycles. The number of nitrogens with zero attached hydrogens (tertiary/aromatic N) is 1. The first-order valence-electron chi connectivity index (χ1n) is 15.4. The molecule has 2 aliphatic heterocycles. The van der Waals surface area contributed by atoms with E-state index < -0.39 is 36.2 Å². The maximum atomic E-state index is 14.1. The van der Waals surface area contributed by atoms with Crippen LogP contribution >= 0.6 is 0 Å². The second-order valence-corrected chi connectivity index (χ2v) is 13.2. The number of hydrogen-bond donors (Lipinski definition) is 4. The maximum absolute atomic E-state index is 14.1. The van der Waals surface area contributed by atoms with Gasteiger partial charge in [-0.1, -0.05) is 13.8 Å². The first-order chi connectivity index (χ1) is 20.2. The quantitative estimate of drug-likeness (QED) is 0.345. The fourth-order valence-electron chi connectivity index (χ4n) is 8.37. The molecule has 4 fully saturated rings. The molecule has 1 unspecified atom stereocenters. The summed E-state index contributed by atoms with van der Waals surface area (Å²) in [6.07, 6.45) is 3.91. The predicted octanol–water partition coefficient (Wildman–Crippen LogP) is 1.89. The summed E-state index contributed by atoms with van der Waals surface area (Å²) in [6, 6.07) is 2.64. The third kappa shape index (κ3) is 4.80. The molecule has 0 radical (unpaired) electrons. The van der Waals surface area contributed by atoms with Gasteiger partial charge in [-0.15, -0.1) is 0 Å². The summed E-state index contributed by atoms with van der Waals surface area (Å²) in [4.78, 5) is 29.5. The van der Waals surface area contributed by atoms with E-state index in [1.165, 1.54) is 7.11 Å². The summed E-state index contributed by atoms with van der Waals surface area (Å²) < 4.78 is 17.8. The van der Waals surface area contributed by atoms with Gasteiger partial charge in [0.2, 0.25) is 5.91 Å². The van der Waals surface area contributed by atoms with Gasteiger partial charge in [-0.3, -0.25) is 9.59 Å². The van der Waals surface area contributed by atoms with Gasteiger partial charge in [0.1, 0.15) is 18.3 Å². The molecule has 230 valence electrons. The fourth-order valence-corrected chi connectivity index (χ4v) is 8.37. The van der Waals surface area contributed by atoms with Crippen LogP contribution in [-0.4, -0.2) is 89.8 Å². The number of fused-ring (bicyclic) bond motifs is 5. The number of carbonyl (C=O) groups is 2. The number of aliphatic hydroxyl groups is 3. The van der Waals surface area contributed by atoms with Gasteiger partial charge in [0.15, 0.2) is 11.5 Å². The lowest BCUT2D eigenvalue weighted by Crippen LogP contribution is -2.61. The Balaban J connectivity index is 1.40. The molecule has 0 spiro atoms. The van der Waals surface area contributed by atoms with Crippen LogP contribution < -0.4 is 14.8 Å². The van der Waals surface area contributed by atoms with Gasteiger partial charge < -0.3 is 39.7 Å². The Hall–Kier alpha value is -2.66. The maximum Gasteiger partial charge on any atom is 0.252 e. The minimum absolute atomic E-state index is 0.0626. The van der Waals surface area contributed by atoms with E-state index in [4.69, 9.17) is 14.2 Å². The van der Waals surface area contributed by atoms with Gasteiger partial charge in [0.05, 0.1) is 32.3 Å². The molecule has 4 aliphatic carbocycles. The average molecular weight is 585 g/mol. The lowest BCUT2D eigenvalue weighted by Gasteiger charge is -2.61. The number of ether oxygens (including phenoxy) is 3. The van der Waals surface area contributed by atoms with Crippen molar-refractivity contribution in [3.05, 3.63) is 34.9 Å². The molecule has 1 aromatic rings. The van der Waals surface area contributed by atoms with E-state index in [1.54, 1.807) is 23.1 Å². The van der Waals surface area contributed by atoms with E-state index in [1.807, 2.05) is 0 Å². The van der Waals surface area contributed by atoms with Crippen molar-refractivity contribution in [2.24, 2.45) is 23.2 Å². The highest BCUT2D eigenvalue weighted by atomic mass is 16.5. The zero-order valence-electron chi connectivity index (χ0n) is 24.8. The van der Waals surface area contributed by atoms with Crippen molar-refractivity contribution in [3.8, 4) is 11.5 Å². The van der Waals surface area contributed by atoms with E-state index in [9.17, 15) is 24.9 Å². The molecule has 8 atom stereocenters. The van der Waals surface area contributed by atoms with Crippen molar-refractivity contribution in [1.29, 1.82) is 0 Å². The second kappa shape index (κ2) is 11.4. The standard InChI is InChI=1S/C32H44N2O8/c1-32(2)19-7-6-18(22(32)13-19)15-34(31(39)24-5-4-10-41-24)23-14-21(30(38)33-8-9-35)26-20-11-17(16-36)12-25(40-3)28(20)42-29(26)27(23)37/h11-12,14,18-19,22-24,26-27,29,35-37H,4-10,13,15-16H2,1-3H3,(H,33,38)/t18-,19-,22-,23+,24?,26-,27-,29-/m0/s1. The van der Waals surface area contributed by atoms with Gasteiger partial charge in [-0.2, -0.15) is 0 Å². The molecule has 10 heteroatoms. The summed E-state index contributed by atoms with van der Waals surface area (Å²) in [5.41, 5.74) is 1.81. The number of methoxy groups -OCH3 is 1. The van der Waals surface area contributed by atoms with E-state index in [2.05, 4.69) is 19.2 Å². The van der Waals surface area contributed by atoms with Gasteiger partial charge in [-0.25, -0.2) is 0 Å². The number of hydrogen-bond acceptors (Lipinski definition) is 8. The van der Waals surface area contributed by atoms with Crippen molar-refractivity contribution in [2.45, 2.75) is 82.8 Å². The van der Waals surface area contributed by atoms with Crippen LogP contribution in [-0.2, 0) is 20.9 Å². The van der Waals surface area contributed by atoms with Crippen LogP contribution in [0.2, 0.25) is 0 Å². The van der Waals surface area contributed by atoms with Crippen molar-refractivity contribution < 1.29 is 39.1 Å². The highest BCUT2D eigenvalue weighted by molar-refractivity contribution is 5.96. The Kier molecular flexibility index (Phi) is 8.02. The summed E-state index contributed by atoms with van der Waals surface area (Å²) >= 11 is 0. The molecular weight excluding hydrogens is 540 g/mol. The number of nitrogens with one attached hydrogen (secondary N) is 1. The van der Waals surface area contributed by atoms with E-state index >= 15 is 0 Å². The number of amides is 2. The topological polar surface area (TPSA) is 138 Å². The molecule has 0 aromatic heterocycles. The van der Waals surface area contributed by atoms with Gasteiger partial charge in [0, 0.05) is 30.8 Å². The molecule has 3 saturated carbocycles. The Bertz CT molecular complexity index is 1240. The first-order valence-corrected chi connectivity index (χ1v) is 15.4. The van der Waals surface area contributed by atoms with E-state index in [-0.39, 0.29) is 37.0 Å². The first kappa shape index (κ1) is 29.4. The molecule has 10 nitrogen and oxygen atoms in total. The molecule has 4 N–H and O–H groups in total. The number of benzene rings is 1. The third-order valence-electron chi connectivity index (χ3n) is 10.8. The van der Waals surface area contributed by atoms with Crippen molar-refractivity contribution >= 4 is 11.8 Å². The summed E-state index contributed by atoms with van der Waals surface area (Å²) in [7, 11) is 1.50. The number of carbonyl (C=O) groups excluding carboxylic acids is 2. The third-order valence-corrected chi connectivity index (χ3v) is 10.8. The van der Waals surface area contributed by atoms with Crippen LogP contribution in [0.3, 0.4) is 0 Å². The van der Waals surface area contributed by atoms with Gasteiger partial charge >= 0.3 is 0 Å².